The maximum absolute atomic E-state index is 6.45. The molecule has 92 valence electrons. The Balaban J connectivity index is 2.77. The summed E-state index contributed by atoms with van der Waals surface area (Å²) in [4.78, 5) is 0. The minimum Gasteiger partial charge on any atom is -0.410 e. The van der Waals surface area contributed by atoms with Gasteiger partial charge >= 0.3 is 0 Å². The van der Waals surface area contributed by atoms with Gasteiger partial charge in [0.1, 0.15) is 0 Å². The second kappa shape index (κ2) is 4.88. The fraction of sp³-hybridized carbons (Fsp3) is 0.714. The van der Waals surface area contributed by atoms with Crippen LogP contribution in [0.15, 0.2) is 24.3 Å². The van der Waals surface area contributed by atoms with Crippen molar-refractivity contribution in [3.8, 4) is 0 Å². The average Bonchev–Trinajstić information content (AvgIpc) is 2.16. The first kappa shape index (κ1) is 13.7. The predicted octanol–water partition coefficient (Wildman–Crippen LogP) is 4.67. The molecule has 0 unspecified atom stereocenters. The lowest BCUT2D eigenvalue weighted by Gasteiger charge is -2.40. The summed E-state index contributed by atoms with van der Waals surface area (Å²) in [7, 11) is -1.64. The third kappa shape index (κ3) is 3.08. The lowest BCUT2D eigenvalue weighted by atomic mass is 9.97. The van der Waals surface area contributed by atoms with E-state index >= 15 is 0 Å². The molecule has 0 aromatic rings. The summed E-state index contributed by atoms with van der Waals surface area (Å²) in [6.07, 6.45) is 8.14. The summed E-state index contributed by atoms with van der Waals surface area (Å²) in [6, 6.07) is 0. The Bertz CT molecular complexity index is 284. The van der Waals surface area contributed by atoms with Crippen molar-refractivity contribution in [2.75, 3.05) is 0 Å². The lowest BCUT2D eigenvalue weighted by Crippen LogP contribution is -2.44. The van der Waals surface area contributed by atoms with Gasteiger partial charge in [0.2, 0.25) is 0 Å². The lowest BCUT2D eigenvalue weighted by molar-refractivity contribution is 0.199. The van der Waals surface area contributed by atoms with E-state index in [2.05, 4.69) is 46.5 Å². The van der Waals surface area contributed by atoms with E-state index in [0.717, 1.165) is 6.42 Å². The molecule has 1 rings (SSSR count). The molecule has 0 bridgehead atoms. The molecular formula is C14H26OSi. The zero-order valence-corrected chi connectivity index (χ0v) is 12.5. The molecule has 1 aliphatic carbocycles. The van der Waals surface area contributed by atoms with Gasteiger partial charge in [-0.3, -0.25) is 0 Å². The van der Waals surface area contributed by atoms with Crippen molar-refractivity contribution in [3.05, 3.63) is 24.3 Å². The zero-order valence-electron chi connectivity index (χ0n) is 11.5. The van der Waals surface area contributed by atoms with Gasteiger partial charge in [0, 0.05) is 0 Å². The molecule has 0 saturated carbocycles. The van der Waals surface area contributed by atoms with Gasteiger partial charge in [-0.1, -0.05) is 39.5 Å². The van der Waals surface area contributed by atoms with Gasteiger partial charge in [0.15, 0.2) is 8.32 Å². The van der Waals surface area contributed by atoms with Crippen LogP contribution in [-0.4, -0.2) is 14.4 Å². The van der Waals surface area contributed by atoms with Gasteiger partial charge in [0.25, 0.3) is 0 Å². The summed E-state index contributed by atoms with van der Waals surface area (Å²) in [5, 5.41) is 0.288. The zero-order chi connectivity index (χ0) is 12.4. The highest BCUT2D eigenvalue weighted by Gasteiger charge is 2.39. The smallest absolute Gasteiger partial charge is 0.192 e. The fourth-order valence-electron chi connectivity index (χ4n) is 1.74. The van der Waals surface area contributed by atoms with E-state index < -0.39 is 8.32 Å². The molecule has 1 nitrogen and oxygen atoms in total. The molecule has 0 aliphatic heterocycles. The number of hydrogen-bond acceptors (Lipinski definition) is 1. The van der Waals surface area contributed by atoms with Crippen molar-refractivity contribution >= 4 is 8.32 Å². The second-order valence-electron chi connectivity index (χ2n) is 6.21. The first-order valence-electron chi connectivity index (χ1n) is 6.28. The summed E-state index contributed by atoms with van der Waals surface area (Å²) in [5.74, 6) is 0. The van der Waals surface area contributed by atoms with E-state index in [1.165, 1.54) is 18.4 Å². The Morgan fingerprint density at radius 1 is 1.44 bits per heavy atom. The highest BCUT2D eigenvalue weighted by Crippen LogP contribution is 2.39. The topological polar surface area (TPSA) is 9.23 Å². The summed E-state index contributed by atoms with van der Waals surface area (Å²) >= 11 is 0. The normalized spacial score (nSPS) is 22.8. The Morgan fingerprint density at radius 3 is 2.56 bits per heavy atom. The fourth-order valence-corrected chi connectivity index (χ4v) is 3.06. The minimum absolute atomic E-state index is 0.288. The molecule has 2 heteroatoms. The monoisotopic (exact) mass is 238 g/mol. The molecule has 0 radical (unpaired) electrons. The Labute approximate surface area is 102 Å². The number of hydrogen-bond donors (Lipinski definition) is 0. The Morgan fingerprint density at radius 2 is 2.06 bits per heavy atom. The molecule has 0 fully saturated rings. The molecule has 0 amide bonds. The molecule has 0 N–H and O–H groups in total. The molecule has 0 aromatic carbocycles. The highest BCUT2D eigenvalue weighted by molar-refractivity contribution is 6.74. The van der Waals surface area contributed by atoms with Crippen molar-refractivity contribution in [2.24, 2.45) is 0 Å². The van der Waals surface area contributed by atoms with Gasteiger partial charge in [0.05, 0.1) is 6.10 Å². The third-order valence-electron chi connectivity index (χ3n) is 3.90. The molecular weight excluding hydrogens is 212 g/mol. The van der Waals surface area contributed by atoms with Crippen LogP contribution in [0, 0.1) is 0 Å². The minimum atomic E-state index is -1.64. The summed E-state index contributed by atoms with van der Waals surface area (Å²) < 4.78 is 6.45. The Kier molecular flexibility index (Phi) is 4.19. The number of rotatable bonds is 3. The molecule has 0 heterocycles. The van der Waals surface area contributed by atoms with Gasteiger partial charge < -0.3 is 4.43 Å². The first-order valence-corrected chi connectivity index (χ1v) is 9.19. The predicted molar refractivity (Wildman–Crippen MR) is 74.2 cm³/mol. The van der Waals surface area contributed by atoms with Crippen molar-refractivity contribution < 1.29 is 4.43 Å². The van der Waals surface area contributed by atoms with Gasteiger partial charge in [-0.25, -0.2) is 0 Å². The maximum atomic E-state index is 6.45. The van der Waals surface area contributed by atoms with E-state index in [9.17, 15) is 0 Å². The van der Waals surface area contributed by atoms with Crippen molar-refractivity contribution in [1.29, 1.82) is 0 Å². The van der Waals surface area contributed by atoms with Crippen molar-refractivity contribution in [1.82, 2.24) is 0 Å². The van der Waals surface area contributed by atoms with E-state index in [0.29, 0.717) is 6.10 Å². The molecule has 0 spiro atoms. The van der Waals surface area contributed by atoms with Crippen LogP contribution in [0.3, 0.4) is 0 Å². The number of allylic oxidation sites excluding steroid dienone is 1. The van der Waals surface area contributed by atoms with Crippen LogP contribution in [0.1, 0.15) is 40.0 Å². The van der Waals surface area contributed by atoms with E-state index in [-0.39, 0.29) is 5.04 Å². The molecule has 1 atom stereocenters. The highest BCUT2D eigenvalue weighted by atomic mass is 28.4. The van der Waals surface area contributed by atoms with Crippen molar-refractivity contribution in [2.45, 2.75) is 64.3 Å². The van der Waals surface area contributed by atoms with Crippen LogP contribution in [0.4, 0.5) is 0 Å². The second-order valence-corrected chi connectivity index (χ2v) is 11.0. The van der Waals surface area contributed by atoms with Crippen LogP contribution in [-0.2, 0) is 4.43 Å². The van der Waals surface area contributed by atoms with Gasteiger partial charge in [-0.15, -0.1) is 0 Å². The van der Waals surface area contributed by atoms with Crippen LogP contribution < -0.4 is 0 Å². The molecule has 16 heavy (non-hydrogen) atoms. The average molecular weight is 238 g/mol. The standard InChI is InChI=1S/C14H26OSi/c1-7-12-10-8-9-11-13(12)15-16(5,6)14(2,3)4/h7,10,13H,1,8-9,11H2,2-6H3/t13-/m1/s1. The van der Waals surface area contributed by atoms with Crippen molar-refractivity contribution in [3.63, 3.8) is 0 Å². The van der Waals surface area contributed by atoms with E-state index in [1.807, 2.05) is 6.08 Å². The molecule has 0 saturated heterocycles. The quantitative estimate of drug-likeness (QED) is 0.649. The summed E-state index contributed by atoms with van der Waals surface area (Å²) in [6.45, 7) is 15.4. The molecule has 0 aromatic heterocycles. The molecule has 1 aliphatic rings. The van der Waals surface area contributed by atoms with E-state index in [1.54, 1.807) is 0 Å². The third-order valence-corrected chi connectivity index (χ3v) is 8.39. The van der Waals surface area contributed by atoms with Crippen LogP contribution in [0.25, 0.3) is 0 Å². The van der Waals surface area contributed by atoms with E-state index in [4.69, 9.17) is 4.43 Å². The first-order chi connectivity index (χ1) is 7.28. The van der Waals surface area contributed by atoms with Crippen LogP contribution in [0.2, 0.25) is 18.1 Å². The van der Waals surface area contributed by atoms with Crippen LogP contribution >= 0.6 is 0 Å². The SMILES string of the molecule is C=CC1=CCCC[C@H]1O[Si](C)(C)C(C)(C)C. The summed E-state index contributed by atoms with van der Waals surface area (Å²) in [5.41, 5.74) is 1.30. The largest absolute Gasteiger partial charge is 0.410 e. The Hall–Kier alpha value is -0.343. The van der Waals surface area contributed by atoms with Crippen LogP contribution in [0.5, 0.6) is 0 Å². The maximum Gasteiger partial charge on any atom is 0.192 e. The van der Waals surface area contributed by atoms with Gasteiger partial charge in [-0.05, 0) is 43.0 Å². The van der Waals surface area contributed by atoms with Gasteiger partial charge in [-0.2, -0.15) is 0 Å².